The summed E-state index contributed by atoms with van der Waals surface area (Å²) in [5.74, 6) is -0.750. The minimum Gasteiger partial charge on any atom is -0.387 e. The van der Waals surface area contributed by atoms with Crippen molar-refractivity contribution in [1.82, 2.24) is 10.6 Å². The van der Waals surface area contributed by atoms with Crippen LogP contribution in [0.15, 0.2) is 72.8 Å². The van der Waals surface area contributed by atoms with Gasteiger partial charge in [-0.1, -0.05) is 54.6 Å². The number of carbonyl (C=O) groups excluding carboxylic acids is 2. The smallest absolute Gasteiger partial charge is 0.387 e. The summed E-state index contributed by atoms with van der Waals surface area (Å²) in [5, 5.41) is 16.1. The van der Waals surface area contributed by atoms with E-state index in [1.807, 2.05) is 36.4 Å². The molecule has 0 spiro atoms. The van der Waals surface area contributed by atoms with Crippen LogP contribution in [-0.4, -0.2) is 36.6 Å². The number of rotatable bonds is 6. The summed E-state index contributed by atoms with van der Waals surface area (Å²) in [4.78, 5) is 27.9. The molecule has 6 nitrogen and oxygen atoms in total. The molecule has 3 aromatic rings. The van der Waals surface area contributed by atoms with Gasteiger partial charge < -0.3 is 20.6 Å². The molecule has 3 N–H and O–H groups in total. The number of nitrogens with one attached hydrogen (secondary N) is 2. The van der Waals surface area contributed by atoms with Crippen molar-refractivity contribution >= 4 is 17.5 Å². The van der Waals surface area contributed by atoms with Crippen molar-refractivity contribution in [3.63, 3.8) is 0 Å². The fraction of sp³-hybridized carbons (Fsp3) is 0.259. The Morgan fingerprint density at radius 2 is 1.61 bits per heavy atom. The molecule has 0 saturated heterocycles. The lowest BCUT2D eigenvalue weighted by molar-refractivity contribution is -0.137. The SMILES string of the molecule is CC(NCC(O)c1ccc(C(F)(F)F)cc1)C(=O)NC1C(=O)N(C)c2ccccc2-c2ccccc21. The third-order valence-corrected chi connectivity index (χ3v) is 6.32. The molecular formula is C27H26F3N3O3. The molecule has 188 valence electrons. The number of aliphatic hydroxyl groups is 1. The second-order valence-corrected chi connectivity index (χ2v) is 8.71. The molecule has 0 saturated carbocycles. The summed E-state index contributed by atoms with van der Waals surface area (Å²) < 4.78 is 38.3. The molecule has 0 fully saturated rings. The van der Waals surface area contributed by atoms with Gasteiger partial charge in [0.2, 0.25) is 5.91 Å². The van der Waals surface area contributed by atoms with Gasteiger partial charge >= 0.3 is 6.18 Å². The molecule has 3 unspecified atom stereocenters. The zero-order valence-corrected chi connectivity index (χ0v) is 19.7. The lowest BCUT2D eigenvalue weighted by Gasteiger charge is -2.25. The van der Waals surface area contributed by atoms with E-state index in [-0.39, 0.29) is 18.0 Å². The van der Waals surface area contributed by atoms with Crippen molar-refractivity contribution in [2.75, 3.05) is 18.5 Å². The zero-order chi connectivity index (χ0) is 26.0. The van der Waals surface area contributed by atoms with Crippen LogP contribution in [0.2, 0.25) is 0 Å². The van der Waals surface area contributed by atoms with Gasteiger partial charge in [0.1, 0.15) is 6.04 Å². The Morgan fingerprint density at radius 1 is 1.00 bits per heavy atom. The van der Waals surface area contributed by atoms with Crippen molar-refractivity contribution in [2.45, 2.75) is 31.3 Å². The quantitative estimate of drug-likeness (QED) is 0.477. The number of hydrogen-bond acceptors (Lipinski definition) is 4. The Labute approximate surface area is 206 Å². The van der Waals surface area contributed by atoms with Crippen molar-refractivity contribution in [3.05, 3.63) is 89.5 Å². The van der Waals surface area contributed by atoms with Gasteiger partial charge in [0, 0.05) is 19.2 Å². The van der Waals surface area contributed by atoms with Crippen molar-refractivity contribution in [2.24, 2.45) is 0 Å². The van der Waals surface area contributed by atoms with Gasteiger partial charge in [-0.05, 0) is 41.8 Å². The first-order chi connectivity index (χ1) is 17.1. The highest BCUT2D eigenvalue weighted by molar-refractivity contribution is 6.06. The van der Waals surface area contributed by atoms with Crippen LogP contribution in [0.4, 0.5) is 18.9 Å². The number of hydrogen-bond donors (Lipinski definition) is 3. The molecular weight excluding hydrogens is 471 g/mol. The molecule has 1 aliphatic heterocycles. The van der Waals surface area contributed by atoms with Crippen molar-refractivity contribution in [1.29, 1.82) is 0 Å². The Balaban J connectivity index is 1.46. The summed E-state index contributed by atoms with van der Waals surface area (Å²) >= 11 is 0. The van der Waals surface area contributed by atoms with E-state index in [2.05, 4.69) is 10.6 Å². The van der Waals surface area contributed by atoms with E-state index in [4.69, 9.17) is 0 Å². The highest BCUT2D eigenvalue weighted by atomic mass is 19.4. The molecule has 2 amide bonds. The number of halogens is 3. The van der Waals surface area contributed by atoms with Gasteiger partial charge in [0.25, 0.3) is 5.91 Å². The van der Waals surface area contributed by atoms with Crippen LogP contribution in [0.25, 0.3) is 11.1 Å². The monoisotopic (exact) mass is 497 g/mol. The van der Waals surface area contributed by atoms with Crippen LogP contribution in [0.1, 0.15) is 35.8 Å². The van der Waals surface area contributed by atoms with Gasteiger partial charge in [-0.3, -0.25) is 9.59 Å². The van der Waals surface area contributed by atoms with E-state index in [1.165, 1.54) is 17.0 Å². The maximum Gasteiger partial charge on any atom is 0.416 e. The lowest BCUT2D eigenvalue weighted by atomic mass is 9.95. The molecule has 9 heteroatoms. The average Bonchev–Trinajstić information content (AvgIpc) is 2.96. The highest BCUT2D eigenvalue weighted by Gasteiger charge is 2.34. The number of benzene rings is 3. The van der Waals surface area contributed by atoms with E-state index in [0.717, 1.165) is 28.9 Å². The molecule has 1 heterocycles. The fourth-order valence-corrected chi connectivity index (χ4v) is 4.23. The summed E-state index contributed by atoms with van der Waals surface area (Å²) in [6.07, 6.45) is -5.58. The number of carbonyl (C=O) groups is 2. The molecule has 0 bridgehead atoms. The zero-order valence-electron chi connectivity index (χ0n) is 19.7. The number of anilines is 1. The predicted molar refractivity (Wildman–Crippen MR) is 130 cm³/mol. The third kappa shape index (κ3) is 5.12. The minimum atomic E-state index is -4.46. The van der Waals surface area contributed by atoms with E-state index in [0.29, 0.717) is 5.56 Å². The first-order valence-corrected chi connectivity index (χ1v) is 11.4. The number of para-hydroxylation sites is 1. The minimum absolute atomic E-state index is 0.0690. The maximum atomic E-state index is 13.3. The van der Waals surface area contributed by atoms with Crippen LogP contribution in [0.3, 0.4) is 0 Å². The topological polar surface area (TPSA) is 81.7 Å². The molecule has 3 aromatic carbocycles. The summed E-state index contributed by atoms with van der Waals surface area (Å²) in [6.45, 7) is 1.51. The average molecular weight is 498 g/mol. The fourth-order valence-electron chi connectivity index (χ4n) is 4.23. The molecule has 1 aliphatic rings. The predicted octanol–water partition coefficient (Wildman–Crippen LogP) is 4.22. The van der Waals surface area contributed by atoms with Gasteiger partial charge in [0.05, 0.1) is 23.4 Å². The van der Waals surface area contributed by atoms with Gasteiger partial charge in [-0.15, -0.1) is 0 Å². The Morgan fingerprint density at radius 3 is 2.28 bits per heavy atom. The van der Waals surface area contributed by atoms with Gasteiger partial charge in [-0.2, -0.15) is 13.2 Å². The van der Waals surface area contributed by atoms with Crippen LogP contribution < -0.4 is 15.5 Å². The van der Waals surface area contributed by atoms with Crippen LogP contribution in [-0.2, 0) is 15.8 Å². The normalized spacial score (nSPS) is 17.0. The molecule has 4 rings (SSSR count). The first kappa shape index (κ1) is 25.4. The second-order valence-electron chi connectivity index (χ2n) is 8.71. The van der Waals surface area contributed by atoms with Gasteiger partial charge in [-0.25, -0.2) is 0 Å². The number of fused-ring (bicyclic) bond motifs is 3. The van der Waals surface area contributed by atoms with E-state index in [9.17, 15) is 27.9 Å². The van der Waals surface area contributed by atoms with E-state index in [1.54, 1.807) is 26.1 Å². The molecule has 0 aliphatic carbocycles. The molecule has 0 aromatic heterocycles. The van der Waals surface area contributed by atoms with Crippen molar-refractivity contribution in [3.8, 4) is 11.1 Å². The van der Waals surface area contributed by atoms with Crippen LogP contribution >= 0.6 is 0 Å². The molecule has 36 heavy (non-hydrogen) atoms. The highest BCUT2D eigenvalue weighted by Crippen LogP contribution is 2.39. The number of likely N-dealkylation sites (N-methyl/N-ethyl adjacent to an activating group) is 1. The number of alkyl halides is 3. The summed E-state index contributed by atoms with van der Waals surface area (Å²) in [6, 6.07) is 17.4. The maximum absolute atomic E-state index is 13.3. The Kier molecular flexibility index (Phi) is 7.14. The largest absolute Gasteiger partial charge is 0.416 e. The molecule has 0 radical (unpaired) electrons. The number of amides is 2. The standard InChI is InChI=1S/C27H26F3N3O3/c1-16(31-15-23(34)17-11-13-18(14-12-17)27(28,29)30)25(35)32-24-21-9-4-3-7-19(21)20-8-5-6-10-22(20)33(2)26(24)36/h3-14,16,23-24,31,34H,15H2,1-2H3,(H,32,35). The second kappa shape index (κ2) is 10.1. The van der Waals surface area contributed by atoms with Crippen LogP contribution in [0.5, 0.6) is 0 Å². The third-order valence-electron chi connectivity index (χ3n) is 6.32. The first-order valence-electron chi connectivity index (χ1n) is 11.4. The Bertz CT molecular complexity index is 1260. The van der Waals surface area contributed by atoms with E-state index >= 15 is 0 Å². The van der Waals surface area contributed by atoms with Crippen LogP contribution in [0, 0.1) is 0 Å². The lowest BCUT2D eigenvalue weighted by Crippen LogP contribution is -2.48. The molecule has 3 atom stereocenters. The summed E-state index contributed by atoms with van der Waals surface area (Å²) in [5.41, 5.74) is 2.61. The van der Waals surface area contributed by atoms with E-state index < -0.39 is 35.8 Å². The summed E-state index contributed by atoms with van der Waals surface area (Å²) in [7, 11) is 1.66. The van der Waals surface area contributed by atoms with Crippen molar-refractivity contribution < 1.29 is 27.9 Å². The number of nitrogens with zero attached hydrogens (tertiary/aromatic N) is 1. The number of aliphatic hydroxyl groups excluding tert-OH is 1. The van der Waals surface area contributed by atoms with Gasteiger partial charge in [0.15, 0.2) is 0 Å². The Hall–Kier alpha value is -3.69.